The minimum atomic E-state index is -1.42. The van der Waals surface area contributed by atoms with Gasteiger partial charge in [-0.2, -0.15) is 0 Å². The third-order valence-electron chi connectivity index (χ3n) is 7.17. The summed E-state index contributed by atoms with van der Waals surface area (Å²) in [5.41, 5.74) is 1.60. The first-order valence-corrected chi connectivity index (χ1v) is 11.9. The smallest absolute Gasteiger partial charge is 0.418 e. The summed E-state index contributed by atoms with van der Waals surface area (Å²) >= 11 is 0. The minimum Gasteiger partial charge on any atom is -0.427 e. The largest absolute Gasteiger partial charge is 0.427 e. The Kier molecular flexibility index (Phi) is 5.92. The number of hydrogen-bond acceptors (Lipinski definition) is 5. The van der Waals surface area contributed by atoms with Crippen LogP contribution >= 0.6 is 0 Å². The van der Waals surface area contributed by atoms with Crippen molar-refractivity contribution in [3.63, 3.8) is 0 Å². The maximum atomic E-state index is 13.5. The Morgan fingerprint density at radius 1 is 1.14 bits per heavy atom. The maximum absolute atomic E-state index is 13.5. The molecule has 2 fully saturated rings. The third kappa shape index (κ3) is 4.11. The Bertz CT molecular complexity index is 1180. The molecule has 5 amide bonds. The molecule has 0 unspecified atom stereocenters. The normalized spacial score (nSPS) is 20.9. The Morgan fingerprint density at radius 3 is 2.60 bits per heavy atom. The number of urea groups is 1. The Hall–Kier alpha value is -3.88. The molecule has 9 heteroatoms. The number of aryl methyl sites for hydroxylation is 1. The van der Waals surface area contributed by atoms with Crippen LogP contribution in [0.4, 0.5) is 15.3 Å². The maximum Gasteiger partial charge on any atom is 0.418 e. The fourth-order valence-corrected chi connectivity index (χ4v) is 5.05. The number of nitrogens with one attached hydrogen (secondary N) is 2. The molecular weight excluding hydrogens is 448 g/mol. The molecule has 3 aliphatic rings. The van der Waals surface area contributed by atoms with Crippen molar-refractivity contribution in [3.05, 3.63) is 65.2 Å². The summed E-state index contributed by atoms with van der Waals surface area (Å²) in [6.07, 6.45) is 2.92. The zero-order valence-corrected chi connectivity index (χ0v) is 19.6. The van der Waals surface area contributed by atoms with Gasteiger partial charge in [-0.05, 0) is 48.9 Å². The van der Waals surface area contributed by atoms with Gasteiger partial charge in [0.25, 0.3) is 5.91 Å². The highest BCUT2D eigenvalue weighted by Gasteiger charge is 2.58. The lowest BCUT2D eigenvalue weighted by Crippen LogP contribution is -2.49. The van der Waals surface area contributed by atoms with E-state index < -0.39 is 17.6 Å². The summed E-state index contributed by atoms with van der Waals surface area (Å²) in [5.74, 6) is -0.765. The number of fused-ring (bicyclic) bond motifs is 2. The summed E-state index contributed by atoms with van der Waals surface area (Å²) in [6.45, 7) is 0.102. The van der Waals surface area contributed by atoms with Crippen LogP contribution in [-0.2, 0) is 32.9 Å². The highest BCUT2D eigenvalue weighted by Crippen LogP contribution is 2.46. The predicted octanol–water partition coefficient (Wildman–Crippen LogP) is 3.14. The monoisotopic (exact) mass is 476 g/mol. The van der Waals surface area contributed by atoms with Gasteiger partial charge in [0.15, 0.2) is 0 Å². The average Bonchev–Trinajstić information content (AvgIpc) is 3.30. The van der Waals surface area contributed by atoms with Gasteiger partial charge < -0.3 is 20.3 Å². The number of amides is 5. The topological polar surface area (TPSA) is 108 Å². The number of anilines is 1. The molecule has 182 valence electrons. The molecule has 0 bridgehead atoms. The Labute approximate surface area is 203 Å². The standard InChI is InChI=1S/C26H28N4O5/c1-27-24(33)28-19-10-11-21-18(14-19)12-13-26(21)23(32)30(25(34)35-26)16-22(31)29(20-8-5-9-20)15-17-6-3-2-4-7-17/h2-4,6-7,10-11,14,20H,5,8-9,12-13,15-16H2,1H3,(H2,27,28,33)/t26-/m1/s1. The van der Waals surface area contributed by atoms with Gasteiger partial charge in [-0.3, -0.25) is 9.59 Å². The molecule has 1 saturated heterocycles. The second-order valence-electron chi connectivity index (χ2n) is 9.25. The van der Waals surface area contributed by atoms with Crippen molar-refractivity contribution >= 4 is 29.6 Å². The number of imide groups is 1. The average molecular weight is 477 g/mol. The zero-order chi connectivity index (χ0) is 24.6. The molecule has 2 N–H and O–H groups in total. The van der Waals surface area contributed by atoms with E-state index in [9.17, 15) is 19.2 Å². The molecule has 5 rings (SSSR count). The predicted molar refractivity (Wildman–Crippen MR) is 127 cm³/mol. The second kappa shape index (κ2) is 9.05. The van der Waals surface area contributed by atoms with E-state index in [4.69, 9.17) is 4.74 Å². The first-order chi connectivity index (χ1) is 16.9. The molecule has 9 nitrogen and oxygen atoms in total. The molecule has 2 aliphatic carbocycles. The molecular formula is C26H28N4O5. The number of rotatable bonds is 6. The fraction of sp³-hybridized carbons (Fsp3) is 0.385. The van der Waals surface area contributed by atoms with Gasteiger partial charge >= 0.3 is 12.1 Å². The van der Waals surface area contributed by atoms with Crippen molar-refractivity contribution in [2.75, 3.05) is 18.9 Å². The minimum absolute atomic E-state index is 0.115. The van der Waals surface area contributed by atoms with Crippen molar-refractivity contribution in [3.8, 4) is 0 Å². The van der Waals surface area contributed by atoms with Crippen LogP contribution in [0.15, 0.2) is 48.5 Å². The third-order valence-corrected chi connectivity index (χ3v) is 7.17. The van der Waals surface area contributed by atoms with Crippen LogP contribution in [-0.4, -0.2) is 53.4 Å². The van der Waals surface area contributed by atoms with Gasteiger partial charge in [0.05, 0.1) is 0 Å². The van der Waals surface area contributed by atoms with E-state index in [1.54, 1.807) is 23.1 Å². The van der Waals surface area contributed by atoms with Crippen LogP contribution in [0.3, 0.4) is 0 Å². The highest BCUT2D eigenvalue weighted by molar-refractivity contribution is 6.06. The van der Waals surface area contributed by atoms with Gasteiger partial charge in [-0.25, -0.2) is 14.5 Å². The summed E-state index contributed by atoms with van der Waals surface area (Å²) in [7, 11) is 1.52. The molecule has 35 heavy (non-hydrogen) atoms. The van der Waals surface area contributed by atoms with E-state index >= 15 is 0 Å². The Balaban J connectivity index is 1.34. The number of hydrogen-bond donors (Lipinski definition) is 2. The Morgan fingerprint density at radius 2 is 1.91 bits per heavy atom. The van der Waals surface area contributed by atoms with Gasteiger partial charge in [-0.1, -0.05) is 36.4 Å². The van der Waals surface area contributed by atoms with Crippen molar-refractivity contribution in [1.29, 1.82) is 0 Å². The van der Waals surface area contributed by atoms with Crippen LogP contribution in [0.2, 0.25) is 0 Å². The first-order valence-electron chi connectivity index (χ1n) is 11.9. The van der Waals surface area contributed by atoms with E-state index in [0.717, 1.165) is 35.3 Å². The molecule has 1 heterocycles. The summed E-state index contributed by atoms with van der Waals surface area (Å²) < 4.78 is 5.67. The summed E-state index contributed by atoms with van der Waals surface area (Å²) in [5, 5.41) is 5.20. The van der Waals surface area contributed by atoms with Crippen molar-refractivity contribution in [2.24, 2.45) is 0 Å². The molecule has 0 aromatic heterocycles. The first kappa shape index (κ1) is 22.9. The van der Waals surface area contributed by atoms with Crippen LogP contribution in [0.1, 0.15) is 42.4 Å². The van der Waals surface area contributed by atoms with Gasteiger partial charge in [0.2, 0.25) is 11.5 Å². The lowest BCUT2D eigenvalue weighted by Gasteiger charge is -2.38. The number of ether oxygens (including phenoxy) is 1. The van der Waals surface area contributed by atoms with E-state index in [2.05, 4.69) is 10.6 Å². The number of nitrogens with zero attached hydrogens (tertiary/aromatic N) is 2. The molecule has 2 aromatic rings. The van der Waals surface area contributed by atoms with Crippen molar-refractivity contribution in [1.82, 2.24) is 15.1 Å². The number of carbonyl (C=O) groups is 4. The van der Waals surface area contributed by atoms with E-state index in [0.29, 0.717) is 30.6 Å². The van der Waals surface area contributed by atoms with Crippen LogP contribution in [0.5, 0.6) is 0 Å². The van der Waals surface area contributed by atoms with Crippen LogP contribution in [0, 0.1) is 0 Å². The van der Waals surface area contributed by atoms with Crippen LogP contribution in [0.25, 0.3) is 0 Å². The summed E-state index contributed by atoms with van der Waals surface area (Å²) in [6, 6.07) is 14.6. The molecule has 1 saturated carbocycles. The lowest BCUT2D eigenvalue weighted by molar-refractivity contribution is -0.144. The van der Waals surface area contributed by atoms with Gasteiger partial charge in [-0.15, -0.1) is 0 Å². The molecule has 1 spiro atoms. The molecule has 2 aromatic carbocycles. The number of benzene rings is 2. The van der Waals surface area contributed by atoms with Crippen molar-refractivity contribution in [2.45, 2.75) is 50.3 Å². The van der Waals surface area contributed by atoms with Gasteiger partial charge in [0.1, 0.15) is 6.54 Å². The fourth-order valence-electron chi connectivity index (χ4n) is 5.05. The SMILES string of the molecule is CNC(=O)Nc1ccc2c(c1)CC[C@@]21OC(=O)N(CC(=O)N(Cc2ccccc2)C2CCC2)C1=O. The van der Waals surface area contributed by atoms with E-state index in [1.165, 1.54) is 7.05 Å². The molecule has 1 aliphatic heterocycles. The summed E-state index contributed by atoms with van der Waals surface area (Å²) in [4.78, 5) is 54.0. The highest BCUT2D eigenvalue weighted by atomic mass is 16.6. The molecule has 1 atom stereocenters. The quantitative estimate of drug-likeness (QED) is 0.666. The van der Waals surface area contributed by atoms with Crippen molar-refractivity contribution < 1.29 is 23.9 Å². The molecule has 0 radical (unpaired) electrons. The van der Waals surface area contributed by atoms with E-state index in [-0.39, 0.29) is 24.5 Å². The number of carbonyl (C=O) groups excluding carboxylic acids is 4. The second-order valence-corrected chi connectivity index (χ2v) is 9.25. The lowest BCUT2D eigenvalue weighted by atomic mass is 9.91. The zero-order valence-electron chi connectivity index (χ0n) is 19.6. The van der Waals surface area contributed by atoms with Crippen LogP contribution < -0.4 is 10.6 Å². The van der Waals surface area contributed by atoms with Gasteiger partial charge in [0, 0.05) is 37.3 Å². The van der Waals surface area contributed by atoms with E-state index in [1.807, 2.05) is 30.3 Å².